The Morgan fingerprint density at radius 2 is 1.79 bits per heavy atom. The summed E-state index contributed by atoms with van der Waals surface area (Å²) in [6.45, 7) is 1.68. The van der Waals surface area contributed by atoms with Gasteiger partial charge in [-0.3, -0.25) is 0 Å². The molecule has 0 unspecified atom stereocenters. The molecule has 0 N–H and O–H groups in total. The van der Waals surface area contributed by atoms with Crippen molar-refractivity contribution in [2.24, 2.45) is 0 Å². The molecule has 0 fully saturated rings. The maximum absolute atomic E-state index is 12.3. The number of halogens is 4. The Balaban J connectivity index is 4.36. The predicted molar refractivity (Wildman–Crippen MR) is 44.5 cm³/mol. The number of hydrogen-bond donors (Lipinski definition) is 0. The Hall–Kier alpha value is -0.330. The summed E-state index contributed by atoms with van der Waals surface area (Å²) < 4.78 is 69.8. The molecule has 0 aliphatic rings. The molecule has 0 aliphatic carbocycles. The Kier molecular flexibility index (Phi) is 4.83. The summed E-state index contributed by atoms with van der Waals surface area (Å²) in [4.78, 5) is 0. The summed E-state index contributed by atoms with van der Waals surface area (Å²) in [6, 6.07) is 0. The second-order valence-electron chi connectivity index (χ2n) is 3.01. The topological polar surface area (TPSA) is 34.1 Å². The molecule has 0 atom stereocenters. The van der Waals surface area contributed by atoms with Crippen LogP contribution in [-0.2, 0) is 9.84 Å². The molecule has 7 heteroatoms. The summed E-state index contributed by atoms with van der Waals surface area (Å²) in [5, 5.41) is 0. The van der Waals surface area contributed by atoms with Gasteiger partial charge in [0.25, 0.3) is 0 Å². The van der Waals surface area contributed by atoms with E-state index < -0.39 is 33.7 Å². The zero-order chi connectivity index (χ0) is 11.4. The van der Waals surface area contributed by atoms with Crippen molar-refractivity contribution < 1.29 is 26.0 Å². The van der Waals surface area contributed by atoms with Gasteiger partial charge in [0, 0.05) is 0 Å². The van der Waals surface area contributed by atoms with Gasteiger partial charge in [-0.1, -0.05) is 13.3 Å². The third kappa shape index (κ3) is 4.78. The van der Waals surface area contributed by atoms with Crippen LogP contribution in [0.2, 0.25) is 0 Å². The fraction of sp³-hybridized carbons (Fsp3) is 1.00. The van der Waals surface area contributed by atoms with E-state index >= 15 is 0 Å². The lowest BCUT2D eigenvalue weighted by Gasteiger charge is -2.14. The van der Waals surface area contributed by atoms with Crippen molar-refractivity contribution in [3.63, 3.8) is 0 Å². The molecule has 0 amide bonds. The molecule has 0 aromatic rings. The predicted octanol–water partition coefficient (Wildman–Crippen LogP) is 2.10. The van der Waals surface area contributed by atoms with Gasteiger partial charge in [0.1, 0.15) is 5.75 Å². The van der Waals surface area contributed by atoms with Crippen LogP contribution in [0.1, 0.15) is 19.8 Å². The number of sulfone groups is 1. The van der Waals surface area contributed by atoms with Crippen LogP contribution >= 0.6 is 0 Å². The maximum atomic E-state index is 12.3. The molecule has 14 heavy (non-hydrogen) atoms. The van der Waals surface area contributed by atoms with Gasteiger partial charge in [-0.15, -0.1) is 0 Å². The average molecular weight is 236 g/mol. The summed E-state index contributed by atoms with van der Waals surface area (Å²) in [6.07, 6.45) is -3.21. The first-order valence-corrected chi connectivity index (χ1v) is 5.90. The molecule has 0 saturated heterocycles. The fourth-order valence-corrected chi connectivity index (χ4v) is 2.38. The number of unbranched alkanes of at least 4 members (excludes halogenated alkanes) is 1. The second-order valence-corrected chi connectivity index (χ2v) is 5.19. The van der Waals surface area contributed by atoms with Gasteiger partial charge >= 0.3 is 12.3 Å². The van der Waals surface area contributed by atoms with Gasteiger partial charge in [0.15, 0.2) is 9.84 Å². The molecule has 0 aromatic carbocycles. The minimum absolute atomic E-state index is 0.210. The van der Waals surface area contributed by atoms with Gasteiger partial charge < -0.3 is 0 Å². The van der Waals surface area contributed by atoms with Gasteiger partial charge in [-0.05, 0) is 6.42 Å². The van der Waals surface area contributed by atoms with E-state index in [-0.39, 0.29) is 6.42 Å². The van der Waals surface area contributed by atoms with Gasteiger partial charge in [-0.2, -0.15) is 8.78 Å². The lowest BCUT2D eigenvalue weighted by molar-refractivity contribution is -0.110. The number of alkyl halides is 4. The highest BCUT2D eigenvalue weighted by molar-refractivity contribution is 7.91. The van der Waals surface area contributed by atoms with E-state index in [1.165, 1.54) is 0 Å². The molecular formula is C7H12F4O2S. The molecule has 0 aromatic heterocycles. The Morgan fingerprint density at radius 1 is 1.29 bits per heavy atom. The molecule has 0 spiro atoms. The van der Waals surface area contributed by atoms with Crippen molar-refractivity contribution >= 4 is 9.84 Å². The Bertz CT molecular complexity index is 261. The monoisotopic (exact) mass is 236 g/mol. The first-order chi connectivity index (χ1) is 6.21. The minimum atomic E-state index is -4.44. The third-order valence-corrected chi connectivity index (χ3v) is 3.28. The molecular weight excluding hydrogens is 224 g/mol. The van der Waals surface area contributed by atoms with E-state index in [1.807, 2.05) is 0 Å². The van der Waals surface area contributed by atoms with E-state index in [2.05, 4.69) is 0 Å². The first-order valence-electron chi connectivity index (χ1n) is 4.07. The van der Waals surface area contributed by atoms with Crippen molar-refractivity contribution in [3.8, 4) is 0 Å². The highest BCUT2D eigenvalue weighted by Gasteiger charge is 2.44. The molecule has 0 radical (unpaired) electrons. The van der Waals surface area contributed by atoms with Crippen molar-refractivity contribution in [1.29, 1.82) is 0 Å². The van der Waals surface area contributed by atoms with Gasteiger partial charge in [0.2, 0.25) is 0 Å². The van der Waals surface area contributed by atoms with Crippen LogP contribution in [0.5, 0.6) is 0 Å². The molecule has 0 saturated carbocycles. The average Bonchev–Trinajstić information content (AvgIpc) is 1.99. The Labute approximate surface area is 80.2 Å². The van der Waals surface area contributed by atoms with Crippen LogP contribution < -0.4 is 0 Å². The van der Waals surface area contributed by atoms with Crippen LogP contribution in [0.15, 0.2) is 0 Å². The summed E-state index contributed by atoms with van der Waals surface area (Å²) in [7, 11) is -4.08. The molecule has 2 nitrogen and oxygen atoms in total. The molecule has 0 aliphatic heterocycles. The van der Waals surface area contributed by atoms with E-state index in [0.29, 0.717) is 6.42 Å². The highest BCUT2D eigenvalue weighted by Crippen LogP contribution is 2.25. The standard InChI is InChI=1S/C7H12F4O2S/c1-2-3-4-14(12,13)5-7(10,11)6(8)9/h6H,2-5H2,1H3. The van der Waals surface area contributed by atoms with Gasteiger partial charge in [0.05, 0.1) is 5.75 Å². The largest absolute Gasteiger partial charge is 0.321 e. The van der Waals surface area contributed by atoms with E-state index in [0.717, 1.165) is 0 Å². The van der Waals surface area contributed by atoms with E-state index in [4.69, 9.17) is 0 Å². The summed E-state index contributed by atoms with van der Waals surface area (Å²) in [5.74, 6) is -6.67. The lowest BCUT2D eigenvalue weighted by Crippen LogP contribution is -2.36. The molecule has 0 bridgehead atoms. The smallest absolute Gasteiger partial charge is 0.229 e. The molecule has 0 heterocycles. The number of hydrogen-bond acceptors (Lipinski definition) is 2. The van der Waals surface area contributed by atoms with Crippen molar-refractivity contribution in [1.82, 2.24) is 0 Å². The number of rotatable bonds is 6. The second kappa shape index (κ2) is 4.95. The van der Waals surface area contributed by atoms with Gasteiger partial charge in [-0.25, -0.2) is 17.2 Å². The van der Waals surface area contributed by atoms with Crippen LogP contribution in [0.25, 0.3) is 0 Å². The van der Waals surface area contributed by atoms with Crippen LogP contribution in [0.3, 0.4) is 0 Å². The SMILES string of the molecule is CCCCS(=O)(=O)CC(F)(F)C(F)F. The molecule has 86 valence electrons. The van der Waals surface area contributed by atoms with Crippen LogP contribution in [-0.4, -0.2) is 32.3 Å². The summed E-state index contributed by atoms with van der Waals surface area (Å²) >= 11 is 0. The summed E-state index contributed by atoms with van der Waals surface area (Å²) in [5.41, 5.74) is 0. The normalized spacial score (nSPS) is 13.6. The first kappa shape index (κ1) is 13.7. The van der Waals surface area contributed by atoms with E-state index in [9.17, 15) is 26.0 Å². The van der Waals surface area contributed by atoms with Crippen LogP contribution in [0, 0.1) is 0 Å². The Morgan fingerprint density at radius 3 is 2.14 bits per heavy atom. The zero-order valence-electron chi connectivity index (χ0n) is 7.64. The van der Waals surface area contributed by atoms with E-state index in [1.54, 1.807) is 6.92 Å². The maximum Gasteiger partial charge on any atom is 0.321 e. The fourth-order valence-electron chi connectivity index (χ4n) is 0.793. The zero-order valence-corrected chi connectivity index (χ0v) is 8.46. The van der Waals surface area contributed by atoms with Crippen molar-refractivity contribution in [2.45, 2.75) is 32.1 Å². The molecule has 0 rings (SSSR count). The lowest BCUT2D eigenvalue weighted by atomic mass is 10.4. The van der Waals surface area contributed by atoms with Crippen molar-refractivity contribution in [3.05, 3.63) is 0 Å². The van der Waals surface area contributed by atoms with Crippen molar-refractivity contribution in [2.75, 3.05) is 11.5 Å². The van der Waals surface area contributed by atoms with Crippen LogP contribution in [0.4, 0.5) is 17.6 Å². The minimum Gasteiger partial charge on any atom is -0.229 e. The quantitative estimate of drug-likeness (QED) is 0.662. The highest BCUT2D eigenvalue weighted by atomic mass is 32.2. The third-order valence-electron chi connectivity index (χ3n) is 1.54.